The molecule has 116 valence electrons. The molecule has 0 aliphatic carbocycles. The quantitative estimate of drug-likeness (QED) is 0.485. The van der Waals surface area contributed by atoms with E-state index < -0.39 is 0 Å². The van der Waals surface area contributed by atoms with Gasteiger partial charge in [-0.25, -0.2) is 0 Å². The summed E-state index contributed by atoms with van der Waals surface area (Å²) in [5.74, 6) is 0. The van der Waals surface area contributed by atoms with Gasteiger partial charge in [0.1, 0.15) is 0 Å². The molecule has 0 N–H and O–H groups in total. The summed E-state index contributed by atoms with van der Waals surface area (Å²) in [6.07, 6.45) is 6.79. The van der Waals surface area contributed by atoms with Gasteiger partial charge in [0, 0.05) is 36.2 Å². The molecule has 0 radical (unpaired) electrons. The van der Waals surface area contributed by atoms with Gasteiger partial charge in [-0.15, -0.1) is 0 Å². The average Bonchev–Trinajstić information content (AvgIpc) is 3.31. The maximum absolute atomic E-state index is 4.12. The monoisotopic (exact) mass is 394 g/mol. The van der Waals surface area contributed by atoms with Crippen molar-refractivity contribution in [3.8, 4) is 22.8 Å². The van der Waals surface area contributed by atoms with Crippen LogP contribution < -0.4 is 10.2 Å². The first-order valence-corrected chi connectivity index (χ1v) is 6.65. The molecule has 0 aromatic carbocycles. The Morgan fingerprint density at radius 3 is 1.35 bits per heavy atom. The van der Waals surface area contributed by atoms with Gasteiger partial charge in [0.05, 0.1) is 0 Å². The molecule has 0 atom stereocenters. The van der Waals surface area contributed by atoms with Gasteiger partial charge in [0.15, 0.2) is 0 Å². The van der Waals surface area contributed by atoms with E-state index in [0.717, 1.165) is 22.8 Å². The van der Waals surface area contributed by atoms with Crippen LogP contribution in [0.3, 0.4) is 0 Å². The van der Waals surface area contributed by atoms with Crippen molar-refractivity contribution in [3.63, 3.8) is 0 Å². The third kappa shape index (κ3) is 4.68. The van der Waals surface area contributed by atoms with Crippen molar-refractivity contribution in [2.45, 2.75) is 0 Å². The molecule has 0 aliphatic rings. The summed E-state index contributed by atoms with van der Waals surface area (Å²) in [7, 11) is 0. The summed E-state index contributed by atoms with van der Waals surface area (Å²) < 4.78 is 0. The standard InChI is InChI=1S/2C8H6N3.Pd/c2*1-2-5-9-7(3-1)8-4-6-10-11-8;/h2*1-6H;/q2*-1;+2. The molecule has 0 amide bonds. The predicted molar refractivity (Wildman–Crippen MR) is 81.6 cm³/mol. The topological polar surface area (TPSA) is 79.8 Å². The molecule has 0 bridgehead atoms. The molecule has 7 heteroatoms. The van der Waals surface area contributed by atoms with Crippen LogP contribution in [-0.2, 0) is 20.4 Å². The fourth-order valence-electron chi connectivity index (χ4n) is 1.77. The third-order valence-corrected chi connectivity index (χ3v) is 2.78. The number of nitrogens with zero attached hydrogens (tertiary/aromatic N) is 6. The van der Waals surface area contributed by atoms with Crippen LogP contribution in [0.15, 0.2) is 73.3 Å². The van der Waals surface area contributed by atoms with E-state index >= 15 is 0 Å². The Kier molecular flexibility index (Phi) is 6.36. The van der Waals surface area contributed by atoms with Crippen molar-refractivity contribution in [2.75, 3.05) is 0 Å². The van der Waals surface area contributed by atoms with Crippen molar-refractivity contribution >= 4 is 0 Å². The van der Waals surface area contributed by atoms with Gasteiger partial charge < -0.3 is 20.4 Å². The minimum atomic E-state index is 0. The third-order valence-electron chi connectivity index (χ3n) is 2.78. The Labute approximate surface area is 147 Å². The Morgan fingerprint density at radius 2 is 1.04 bits per heavy atom. The Balaban J connectivity index is 0.000000160. The van der Waals surface area contributed by atoms with Gasteiger partial charge in [-0.05, 0) is 24.3 Å². The fraction of sp³-hybridized carbons (Fsp3) is 0. The Bertz CT molecular complexity index is 700. The molecule has 6 nitrogen and oxygen atoms in total. The Hall–Kier alpha value is -2.62. The first-order valence-electron chi connectivity index (χ1n) is 6.65. The summed E-state index contributed by atoms with van der Waals surface area (Å²) >= 11 is 0. The fourth-order valence-corrected chi connectivity index (χ4v) is 1.77. The average molecular weight is 395 g/mol. The minimum absolute atomic E-state index is 0. The van der Waals surface area contributed by atoms with Crippen molar-refractivity contribution in [1.29, 1.82) is 0 Å². The molecule has 4 aromatic heterocycles. The van der Waals surface area contributed by atoms with Crippen LogP contribution in [-0.4, -0.2) is 20.2 Å². The number of rotatable bonds is 2. The number of pyridine rings is 2. The molecule has 0 aliphatic heterocycles. The predicted octanol–water partition coefficient (Wildman–Crippen LogP) is 2.20. The van der Waals surface area contributed by atoms with Gasteiger partial charge in [0.2, 0.25) is 0 Å². The summed E-state index contributed by atoms with van der Waals surface area (Å²) in [4.78, 5) is 8.24. The van der Waals surface area contributed by atoms with E-state index in [2.05, 4.69) is 30.4 Å². The summed E-state index contributed by atoms with van der Waals surface area (Å²) in [6, 6.07) is 15.1. The van der Waals surface area contributed by atoms with Crippen LogP contribution in [0.1, 0.15) is 0 Å². The van der Waals surface area contributed by atoms with Crippen LogP contribution in [0, 0.1) is 0 Å². The van der Waals surface area contributed by atoms with Gasteiger partial charge in [-0.1, -0.05) is 35.7 Å². The maximum Gasteiger partial charge on any atom is 2.00 e. The van der Waals surface area contributed by atoms with Crippen molar-refractivity contribution in [3.05, 3.63) is 73.3 Å². The second kappa shape index (κ2) is 8.74. The number of hydrogen-bond acceptors (Lipinski definition) is 4. The van der Waals surface area contributed by atoms with Crippen LogP contribution in [0.2, 0.25) is 0 Å². The maximum atomic E-state index is 4.12. The van der Waals surface area contributed by atoms with Gasteiger partial charge in [0.25, 0.3) is 0 Å². The molecule has 0 spiro atoms. The van der Waals surface area contributed by atoms with Crippen molar-refractivity contribution in [2.24, 2.45) is 0 Å². The molecule has 0 saturated carbocycles. The van der Waals surface area contributed by atoms with E-state index in [1.165, 1.54) is 0 Å². The van der Waals surface area contributed by atoms with E-state index in [0.29, 0.717) is 0 Å². The summed E-state index contributed by atoms with van der Waals surface area (Å²) in [5, 5.41) is 15.2. The van der Waals surface area contributed by atoms with Crippen LogP contribution in [0.4, 0.5) is 0 Å². The first-order chi connectivity index (χ1) is 10.9. The van der Waals surface area contributed by atoms with E-state index in [1.54, 1.807) is 24.8 Å². The number of hydrogen-bond donors (Lipinski definition) is 0. The van der Waals surface area contributed by atoms with E-state index in [1.807, 2.05) is 48.5 Å². The van der Waals surface area contributed by atoms with Crippen molar-refractivity contribution in [1.82, 2.24) is 30.4 Å². The molecular weight excluding hydrogens is 383 g/mol. The van der Waals surface area contributed by atoms with Crippen LogP contribution >= 0.6 is 0 Å². The molecule has 23 heavy (non-hydrogen) atoms. The molecule has 0 unspecified atom stereocenters. The smallest absolute Gasteiger partial charge is 0.574 e. The molecule has 0 fully saturated rings. The summed E-state index contributed by atoms with van der Waals surface area (Å²) in [6.45, 7) is 0. The zero-order valence-corrected chi connectivity index (χ0v) is 13.5. The van der Waals surface area contributed by atoms with Crippen LogP contribution in [0.5, 0.6) is 0 Å². The zero-order chi connectivity index (χ0) is 15.0. The molecule has 0 saturated heterocycles. The number of aromatic nitrogens is 6. The van der Waals surface area contributed by atoms with E-state index in [9.17, 15) is 0 Å². The molecule has 4 rings (SSSR count). The van der Waals surface area contributed by atoms with E-state index in [4.69, 9.17) is 0 Å². The minimum Gasteiger partial charge on any atom is -0.574 e. The Morgan fingerprint density at radius 1 is 0.565 bits per heavy atom. The van der Waals surface area contributed by atoms with Gasteiger partial charge in [-0.3, -0.25) is 9.97 Å². The largest absolute Gasteiger partial charge is 2.00 e. The van der Waals surface area contributed by atoms with Gasteiger partial charge in [-0.2, -0.15) is 0 Å². The molecular formula is C16H12N6Pd. The second-order valence-corrected chi connectivity index (χ2v) is 4.26. The van der Waals surface area contributed by atoms with E-state index in [-0.39, 0.29) is 20.4 Å². The van der Waals surface area contributed by atoms with Crippen molar-refractivity contribution < 1.29 is 20.4 Å². The van der Waals surface area contributed by atoms with Crippen LogP contribution in [0.25, 0.3) is 22.8 Å². The molecule has 4 aromatic rings. The summed E-state index contributed by atoms with van der Waals surface area (Å²) in [5.41, 5.74) is 3.38. The normalized spacial score (nSPS) is 9.39. The van der Waals surface area contributed by atoms with Gasteiger partial charge >= 0.3 is 20.4 Å². The SMILES string of the molecule is [Pd+2].c1ccc(-c2ccn[n-]2)nc1.c1ccc(-c2ccn[n-]2)nc1. The zero-order valence-electron chi connectivity index (χ0n) is 11.9. The molecule has 4 heterocycles. The second-order valence-electron chi connectivity index (χ2n) is 4.26. The first kappa shape index (κ1) is 16.7.